The van der Waals surface area contributed by atoms with Gasteiger partial charge in [0.25, 0.3) is 0 Å². The molecule has 0 unspecified atom stereocenters. The van der Waals surface area contributed by atoms with E-state index >= 15 is 0 Å². The molecule has 2 amide bonds. The van der Waals surface area contributed by atoms with Crippen molar-refractivity contribution in [3.8, 4) is 0 Å². The lowest BCUT2D eigenvalue weighted by Crippen LogP contribution is -2.51. The minimum absolute atomic E-state index is 0.0671. The van der Waals surface area contributed by atoms with E-state index in [1.54, 1.807) is 19.1 Å². The molecule has 0 fully saturated rings. The van der Waals surface area contributed by atoms with Gasteiger partial charge in [0.2, 0.25) is 22.1 Å². The van der Waals surface area contributed by atoms with Gasteiger partial charge in [-0.15, -0.1) is 0 Å². The molecule has 2 aromatic carbocycles. The van der Waals surface area contributed by atoms with E-state index in [2.05, 4.69) is 16.0 Å². The average Bonchev–Trinajstić information content (AvgIpc) is 3.07. The summed E-state index contributed by atoms with van der Waals surface area (Å²) in [4.78, 5) is 28.9. The standard InChI is InChI=1S/C35H45FN4O5S/c1-22(41)20-37-35(5,6)19-32(42)38-29-15-12-24-18-25(36)13-16-30(24)40(33(29)43)21-23-11-14-27(31(17-23)46(44)45)26-9-7-8-10-28(26)39-34(2,3)4/h7-11,13-14,16,18,22,29,37,39,41H,12,15,17,19-21H2,1-6H3,(H,38,42)/t22-,29-/m1/s1. The van der Waals surface area contributed by atoms with Crippen LogP contribution in [-0.4, -0.2) is 66.5 Å². The first kappa shape index (κ1) is 35.1. The second-order valence-electron chi connectivity index (χ2n) is 13.8. The third-order valence-corrected chi connectivity index (χ3v) is 8.64. The number of hydrogen-bond acceptors (Lipinski definition) is 7. The molecular weight excluding hydrogens is 607 g/mol. The number of nitrogens with one attached hydrogen (secondary N) is 3. The number of nitrogens with zero attached hydrogens (tertiary/aromatic N) is 1. The number of anilines is 2. The Morgan fingerprint density at radius 2 is 1.83 bits per heavy atom. The maximum absolute atomic E-state index is 14.3. The molecule has 9 nitrogen and oxygen atoms in total. The van der Waals surface area contributed by atoms with E-state index in [1.807, 2.05) is 65.0 Å². The number of rotatable bonds is 10. The van der Waals surface area contributed by atoms with Crippen molar-refractivity contribution in [2.75, 3.05) is 23.3 Å². The molecule has 0 aromatic heterocycles. The highest BCUT2D eigenvalue weighted by molar-refractivity contribution is 7.74. The van der Waals surface area contributed by atoms with E-state index < -0.39 is 33.8 Å². The van der Waals surface area contributed by atoms with Crippen molar-refractivity contribution >= 4 is 43.9 Å². The van der Waals surface area contributed by atoms with Crippen LogP contribution < -0.4 is 20.9 Å². The van der Waals surface area contributed by atoms with Gasteiger partial charge in [0, 0.05) is 59.5 Å². The molecule has 0 saturated carbocycles. The van der Waals surface area contributed by atoms with Crippen molar-refractivity contribution in [1.29, 1.82) is 0 Å². The Hall–Kier alpha value is -3.80. The van der Waals surface area contributed by atoms with Gasteiger partial charge in [0.1, 0.15) is 11.9 Å². The fraction of sp³-hybridized carbons (Fsp3) is 0.457. The second kappa shape index (κ2) is 14.3. The fourth-order valence-corrected chi connectivity index (χ4v) is 6.42. The van der Waals surface area contributed by atoms with E-state index in [9.17, 15) is 27.5 Å². The lowest BCUT2D eigenvalue weighted by molar-refractivity contribution is -0.128. The van der Waals surface area contributed by atoms with Crippen LogP contribution in [0.1, 0.15) is 71.9 Å². The van der Waals surface area contributed by atoms with Gasteiger partial charge in [0.15, 0.2) is 0 Å². The Kier molecular flexibility index (Phi) is 10.9. The molecule has 0 radical (unpaired) electrons. The number of aliphatic hydroxyl groups is 1. The Labute approximate surface area is 272 Å². The monoisotopic (exact) mass is 652 g/mol. The zero-order valence-corrected chi connectivity index (χ0v) is 28.2. The van der Waals surface area contributed by atoms with Crippen LogP contribution in [0.3, 0.4) is 0 Å². The van der Waals surface area contributed by atoms with Gasteiger partial charge in [-0.3, -0.25) is 9.59 Å². The topological polar surface area (TPSA) is 128 Å². The summed E-state index contributed by atoms with van der Waals surface area (Å²) in [7, 11) is -2.53. The van der Waals surface area contributed by atoms with Crippen LogP contribution in [0.2, 0.25) is 0 Å². The number of benzene rings is 2. The summed E-state index contributed by atoms with van der Waals surface area (Å²) < 4.78 is 39.5. The van der Waals surface area contributed by atoms with Crippen molar-refractivity contribution in [1.82, 2.24) is 10.6 Å². The van der Waals surface area contributed by atoms with Crippen LogP contribution in [0.4, 0.5) is 15.8 Å². The number of halogens is 1. The normalized spacial score (nSPS) is 17.8. The van der Waals surface area contributed by atoms with Gasteiger partial charge in [-0.1, -0.05) is 30.4 Å². The van der Waals surface area contributed by atoms with Crippen molar-refractivity contribution in [2.45, 2.75) is 90.4 Å². The number of para-hydroxylation sites is 1. The van der Waals surface area contributed by atoms with E-state index in [0.29, 0.717) is 35.4 Å². The van der Waals surface area contributed by atoms with Gasteiger partial charge in [0.05, 0.1) is 11.0 Å². The number of allylic oxidation sites excluding steroid dienone is 3. The van der Waals surface area contributed by atoms with Crippen LogP contribution in [0.25, 0.3) is 5.57 Å². The number of β-amino-alcohol motifs (C(OH)–C–C–N with tert-alkyl or cyclic N) is 1. The summed E-state index contributed by atoms with van der Waals surface area (Å²) >= 11 is 0. The van der Waals surface area contributed by atoms with Crippen LogP contribution in [0.15, 0.2) is 60.2 Å². The summed E-state index contributed by atoms with van der Waals surface area (Å²) in [6.45, 7) is 11.8. The zero-order valence-electron chi connectivity index (χ0n) is 27.4. The van der Waals surface area contributed by atoms with Gasteiger partial charge in [-0.25, -0.2) is 4.39 Å². The number of carbonyl (C=O) groups is 2. The summed E-state index contributed by atoms with van der Waals surface area (Å²) in [5, 5.41) is 19.1. The molecule has 2 aromatic rings. The van der Waals surface area contributed by atoms with E-state index in [1.165, 1.54) is 17.0 Å². The molecule has 4 N–H and O–H groups in total. The molecule has 2 aliphatic rings. The first-order valence-electron chi connectivity index (χ1n) is 15.6. The highest BCUT2D eigenvalue weighted by atomic mass is 32.2. The van der Waals surface area contributed by atoms with Gasteiger partial charge >= 0.3 is 0 Å². The number of carbonyl (C=O) groups excluding carboxylic acids is 2. The van der Waals surface area contributed by atoms with Crippen LogP contribution in [0, 0.1) is 5.82 Å². The zero-order chi connectivity index (χ0) is 33.8. The Bertz CT molecular complexity index is 1680. The second-order valence-corrected chi connectivity index (χ2v) is 14.8. The first-order valence-corrected chi connectivity index (χ1v) is 16.7. The largest absolute Gasteiger partial charge is 0.392 e. The van der Waals surface area contributed by atoms with Crippen LogP contribution in [-0.2, 0) is 26.3 Å². The number of fused-ring (bicyclic) bond motifs is 1. The summed E-state index contributed by atoms with van der Waals surface area (Å²) in [5.41, 5.74) is 3.11. The summed E-state index contributed by atoms with van der Waals surface area (Å²) in [6, 6.07) is 10.9. The first-order chi connectivity index (χ1) is 21.5. The number of hydrogen-bond donors (Lipinski definition) is 4. The molecular formula is C35H45FN4O5S. The molecule has 0 bridgehead atoms. The van der Waals surface area contributed by atoms with Crippen molar-refractivity contribution in [3.05, 3.63) is 77.1 Å². The molecule has 2 atom stereocenters. The van der Waals surface area contributed by atoms with Gasteiger partial charge in [-0.05, 0) is 89.8 Å². The Morgan fingerprint density at radius 1 is 1.11 bits per heavy atom. The summed E-state index contributed by atoms with van der Waals surface area (Å²) in [6.07, 6.45) is 3.83. The fourth-order valence-electron chi connectivity index (χ4n) is 5.76. The third-order valence-electron chi connectivity index (χ3n) is 7.88. The van der Waals surface area contributed by atoms with E-state index in [0.717, 1.165) is 11.3 Å². The van der Waals surface area contributed by atoms with Crippen molar-refractivity contribution in [2.24, 2.45) is 0 Å². The number of amides is 2. The molecule has 1 aliphatic carbocycles. The average molecular weight is 653 g/mol. The van der Waals surface area contributed by atoms with E-state index in [4.69, 9.17) is 0 Å². The van der Waals surface area contributed by atoms with Crippen molar-refractivity contribution in [3.63, 3.8) is 0 Å². The predicted molar refractivity (Wildman–Crippen MR) is 182 cm³/mol. The van der Waals surface area contributed by atoms with Gasteiger partial charge in [-0.2, -0.15) is 8.42 Å². The maximum Gasteiger partial charge on any atom is 0.249 e. The quantitative estimate of drug-likeness (QED) is 0.280. The molecule has 46 heavy (non-hydrogen) atoms. The molecule has 4 rings (SSSR count). The lowest BCUT2D eigenvalue weighted by atomic mass is 9.91. The number of aryl methyl sites for hydroxylation is 1. The molecule has 11 heteroatoms. The summed E-state index contributed by atoms with van der Waals surface area (Å²) in [5.74, 6) is -1.11. The number of aliphatic hydroxyl groups excluding tert-OH is 1. The molecule has 248 valence electrons. The SMILES string of the molecule is C[C@@H](O)CNC(C)(C)CC(=O)N[C@@H]1CCc2cc(F)ccc2N(CC2=CC=C(c3ccccc3NC(C)(C)C)C(=S(=O)=O)C2)C1=O. The highest BCUT2D eigenvalue weighted by Gasteiger charge is 2.34. The van der Waals surface area contributed by atoms with Crippen molar-refractivity contribution < 1.29 is 27.5 Å². The van der Waals surface area contributed by atoms with Crippen LogP contribution in [0.5, 0.6) is 0 Å². The maximum atomic E-state index is 14.3. The van der Waals surface area contributed by atoms with Gasteiger partial charge < -0.3 is 26.0 Å². The predicted octanol–water partition coefficient (Wildman–Crippen LogP) is 4.40. The van der Waals surface area contributed by atoms with Crippen LogP contribution >= 0.6 is 0 Å². The lowest BCUT2D eigenvalue weighted by Gasteiger charge is -2.30. The smallest absolute Gasteiger partial charge is 0.249 e. The molecule has 1 heterocycles. The third kappa shape index (κ3) is 9.14. The Morgan fingerprint density at radius 3 is 2.50 bits per heavy atom. The minimum Gasteiger partial charge on any atom is -0.392 e. The highest BCUT2D eigenvalue weighted by Crippen LogP contribution is 2.34. The minimum atomic E-state index is -2.53. The Balaban J connectivity index is 1.64. The molecule has 1 aliphatic heterocycles. The van der Waals surface area contributed by atoms with E-state index in [-0.39, 0.29) is 48.0 Å². The molecule has 0 saturated heterocycles. The molecule has 0 spiro atoms.